The lowest BCUT2D eigenvalue weighted by Gasteiger charge is -2.04. The molecule has 1 N–H and O–H groups in total. The van der Waals surface area contributed by atoms with Gasteiger partial charge in [-0.15, -0.1) is 0 Å². The van der Waals surface area contributed by atoms with Crippen molar-refractivity contribution in [2.24, 2.45) is 5.16 Å². The molecule has 0 aromatic rings. The second kappa shape index (κ2) is 2.82. The number of oxime groups is 1. The van der Waals surface area contributed by atoms with Gasteiger partial charge in [0.05, 0.1) is 11.8 Å². The minimum Gasteiger partial charge on any atom is -0.411 e. The van der Waals surface area contributed by atoms with E-state index in [0.29, 0.717) is 0 Å². The van der Waals surface area contributed by atoms with E-state index < -0.39 is 0 Å². The Bertz CT molecular complexity index is 122. The summed E-state index contributed by atoms with van der Waals surface area (Å²) in [5, 5.41) is 11.5. The normalized spacial score (nSPS) is 31.7. The number of methoxy groups -OCH3 is 1. The lowest BCUT2D eigenvalue weighted by Crippen LogP contribution is -2.15. The second-order valence-electron chi connectivity index (χ2n) is 2.21. The highest BCUT2D eigenvalue weighted by Gasteiger charge is 2.21. The van der Waals surface area contributed by atoms with Gasteiger partial charge in [-0.1, -0.05) is 5.16 Å². The third-order valence-corrected chi connectivity index (χ3v) is 1.68. The topological polar surface area (TPSA) is 41.8 Å². The number of rotatable bonds is 1. The zero-order valence-corrected chi connectivity index (χ0v) is 5.50. The van der Waals surface area contributed by atoms with E-state index in [2.05, 4.69) is 5.16 Å². The fourth-order valence-corrected chi connectivity index (χ4v) is 1.16. The molecule has 1 atom stereocenters. The molecule has 1 aliphatic rings. The Hall–Kier alpha value is -0.570. The van der Waals surface area contributed by atoms with Crippen LogP contribution >= 0.6 is 0 Å². The molecule has 1 unspecified atom stereocenters. The van der Waals surface area contributed by atoms with Crippen molar-refractivity contribution in [2.75, 3.05) is 7.11 Å². The minimum absolute atomic E-state index is 0.0787. The summed E-state index contributed by atoms with van der Waals surface area (Å²) in [7, 11) is 1.64. The average Bonchev–Trinajstić information content (AvgIpc) is 2.33. The summed E-state index contributed by atoms with van der Waals surface area (Å²) in [5.74, 6) is 0. The Kier molecular flexibility index (Phi) is 2.05. The molecule has 1 aliphatic carbocycles. The van der Waals surface area contributed by atoms with Crippen molar-refractivity contribution in [3.05, 3.63) is 0 Å². The number of ether oxygens (including phenoxy) is 1. The predicted octanol–water partition coefficient (Wildman–Crippen LogP) is 1.02. The smallest absolute Gasteiger partial charge is 0.0985 e. The highest BCUT2D eigenvalue weighted by molar-refractivity contribution is 5.89. The standard InChI is InChI=1S/C6H11NO2/c1-9-6-4-2-3-5(6)7-8/h6,8H,2-4H2,1H3. The number of nitrogens with zero attached hydrogens (tertiary/aromatic N) is 1. The molecule has 52 valence electrons. The third-order valence-electron chi connectivity index (χ3n) is 1.68. The summed E-state index contributed by atoms with van der Waals surface area (Å²) in [5.41, 5.74) is 0.789. The molecular formula is C6H11NO2. The summed E-state index contributed by atoms with van der Waals surface area (Å²) in [6, 6.07) is 0. The summed E-state index contributed by atoms with van der Waals surface area (Å²) >= 11 is 0. The van der Waals surface area contributed by atoms with Gasteiger partial charge in [0.2, 0.25) is 0 Å². The van der Waals surface area contributed by atoms with Gasteiger partial charge in [0.25, 0.3) is 0 Å². The van der Waals surface area contributed by atoms with Gasteiger partial charge < -0.3 is 9.94 Å². The summed E-state index contributed by atoms with van der Waals surface area (Å²) in [6.45, 7) is 0. The van der Waals surface area contributed by atoms with Gasteiger partial charge in [-0.3, -0.25) is 0 Å². The Balaban J connectivity index is 2.52. The van der Waals surface area contributed by atoms with Gasteiger partial charge in [-0.2, -0.15) is 0 Å². The molecule has 0 saturated heterocycles. The summed E-state index contributed by atoms with van der Waals surface area (Å²) < 4.78 is 5.02. The first-order valence-corrected chi connectivity index (χ1v) is 3.12. The molecule has 0 amide bonds. The fourth-order valence-electron chi connectivity index (χ4n) is 1.16. The van der Waals surface area contributed by atoms with E-state index >= 15 is 0 Å². The molecule has 0 aromatic carbocycles. The third kappa shape index (κ3) is 1.21. The van der Waals surface area contributed by atoms with Crippen LogP contribution < -0.4 is 0 Å². The van der Waals surface area contributed by atoms with E-state index in [1.165, 1.54) is 0 Å². The maximum absolute atomic E-state index is 8.38. The molecule has 0 aliphatic heterocycles. The van der Waals surface area contributed by atoms with Crippen molar-refractivity contribution < 1.29 is 9.94 Å². The lowest BCUT2D eigenvalue weighted by molar-refractivity contribution is 0.153. The minimum atomic E-state index is 0.0787. The first kappa shape index (κ1) is 6.55. The molecule has 0 heterocycles. The van der Waals surface area contributed by atoms with Gasteiger partial charge >= 0.3 is 0 Å². The highest BCUT2D eigenvalue weighted by Crippen LogP contribution is 2.17. The van der Waals surface area contributed by atoms with Crippen molar-refractivity contribution >= 4 is 5.71 Å². The molecule has 0 radical (unpaired) electrons. The molecule has 0 aromatic heterocycles. The maximum atomic E-state index is 8.38. The summed E-state index contributed by atoms with van der Waals surface area (Å²) in [6.07, 6.45) is 3.04. The van der Waals surface area contributed by atoms with Crippen LogP contribution in [0, 0.1) is 0 Å². The van der Waals surface area contributed by atoms with E-state index in [1.807, 2.05) is 0 Å². The van der Waals surface area contributed by atoms with Crippen LogP contribution in [0.15, 0.2) is 5.16 Å². The molecule has 3 nitrogen and oxygen atoms in total. The van der Waals surface area contributed by atoms with Crippen LogP contribution in [0.3, 0.4) is 0 Å². The molecule has 0 bridgehead atoms. The first-order valence-electron chi connectivity index (χ1n) is 3.12. The second-order valence-corrected chi connectivity index (χ2v) is 2.21. The number of hydrogen-bond acceptors (Lipinski definition) is 3. The monoisotopic (exact) mass is 129 g/mol. The van der Waals surface area contributed by atoms with Crippen LogP contribution in [0.1, 0.15) is 19.3 Å². The Morgan fingerprint density at radius 2 is 2.56 bits per heavy atom. The molecule has 9 heavy (non-hydrogen) atoms. The predicted molar refractivity (Wildman–Crippen MR) is 33.9 cm³/mol. The van der Waals surface area contributed by atoms with Crippen LogP contribution in [0.4, 0.5) is 0 Å². The lowest BCUT2D eigenvalue weighted by atomic mass is 10.3. The van der Waals surface area contributed by atoms with E-state index in [4.69, 9.17) is 9.94 Å². The molecule has 3 heteroatoms. The zero-order chi connectivity index (χ0) is 6.69. The average molecular weight is 129 g/mol. The van der Waals surface area contributed by atoms with Crippen molar-refractivity contribution in [3.8, 4) is 0 Å². The van der Waals surface area contributed by atoms with Gasteiger partial charge in [-0.25, -0.2) is 0 Å². The quantitative estimate of drug-likeness (QED) is 0.424. The van der Waals surface area contributed by atoms with E-state index in [-0.39, 0.29) is 6.10 Å². The highest BCUT2D eigenvalue weighted by atomic mass is 16.5. The molecule has 0 spiro atoms. The van der Waals surface area contributed by atoms with Gasteiger partial charge in [-0.05, 0) is 19.3 Å². The van der Waals surface area contributed by atoms with Crippen LogP contribution in [-0.2, 0) is 4.74 Å². The Morgan fingerprint density at radius 1 is 1.78 bits per heavy atom. The van der Waals surface area contributed by atoms with Crippen molar-refractivity contribution in [3.63, 3.8) is 0 Å². The van der Waals surface area contributed by atoms with Crippen molar-refractivity contribution in [2.45, 2.75) is 25.4 Å². The van der Waals surface area contributed by atoms with Gasteiger partial charge in [0, 0.05) is 7.11 Å². The maximum Gasteiger partial charge on any atom is 0.0985 e. The fraction of sp³-hybridized carbons (Fsp3) is 0.833. The SMILES string of the molecule is COC1CCCC1=NO. The first-order chi connectivity index (χ1) is 4.38. The van der Waals surface area contributed by atoms with E-state index in [9.17, 15) is 0 Å². The zero-order valence-electron chi connectivity index (χ0n) is 5.50. The number of hydrogen-bond donors (Lipinski definition) is 1. The van der Waals surface area contributed by atoms with Gasteiger partial charge in [0.15, 0.2) is 0 Å². The van der Waals surface area contributed by atoms with Crippen molar-refractivity contribution in [1.29, 1.82) is 0 Å². The molecule has 1 rings (SSSR count). The summed E-state index contributed by atoms with van der Waals surface area (Å²) in [4.78, 5) is 0. The van der Waals surface area contributed by atoms with E-state index in [1.54, 1.807) is 7.11 Å². The van der Waals surface area contributed by atoms with Crippen LogP contribution in [-0.4, -0.2) is 24.1 Å². The van der Waals surface area contributed by atoms with Crippen LogP contribution in [0.5, 0.6) is 0 Å². The molecular weight excluding hydrogens is 118 g/mol. The van der Waals surface area contributed by atoms with E-state index in [0.717, 1.165) is 25.0 Å². The Morgan fingerprint density at radius 3 is 3.00 bits per heavy atom. The van der Waals surface area contributed by atoms with Crippen LogP contribution in [0.25, 0.3) is 0 Å². The van der Waals surface area contributed by atoms with Gasteiger partial charge in [0.1, 0.15) is 0 Å². The largest absolute Gasteiger partial charge is 0.411 e. The van der Waals surface area contributed by atoms with Crippen LogP contribution in [0.2, 0.25) is 0 Å². The molecule has 1 fully saturated rings. The molecule has 1 saturated carbocycles. The Labute approximate surface area is 54.3 Å². The van der Waals surface area contributed by atoms with Crippen molar-refractivity contribution in [1.82, 2.24) is 0 Å².